The van der Waals surface area contributed by atoms with Gasteiger partial charge in [0.15, 0.2) is 0 Å². The molecule has 5 nitrogen and oxygen atoms in total. The minimum Gasteiger partial charge on any atom is -0.493 e. The fraction of sp³-hybridized carbons (Fsp3) is 0.429. The third-order valence-corrected chi connectivity index (χ3v) is 4.57. The summed E-state index contributed by atoms with van der Waals surface area (Å²) >= 11 is 0. The number of carbonyl (C=O) groups excluding carboxylic acids is 1. The van der Waals surface area contributed by atoms with E-state index in [9.17, 15) is 9.18 Å². The van der Waals surface area contributed by atoms with Gasteiger partial charge in [-0.2, -0.15) is 0 Å². The normalized spacial score (nSPS) is 17.0. The number of hydrogen-bond donors (Lipinski definition) is 1. The van der Waals surface area contributed by atoms with Crippen molar-refractivity contribution in [3.8, 4) is 5.75 Å². The van der Waals surface area contributed by atoms with Gasteiger partial charge in [-0.3, -0.25) is 4.79 Å². The molecule has 27 heavy (non-hydrogen) atoms. The highest BCUT2D eigenvalue weighted by molar-refractivity contribution is 5.94. The highest BCUT2D eigenvalue weighted by Gasteiger charge is 2.22. The summed E-state index contributed by atoms with van der Waals surface area (Å²) in [5.41, 5.74) is 0.624. The molecule has 1 aromatic heterocycles. The Labute approximate surface area is 159 Å². The van der Waals surface area contributed by atoms with Crippen molar-refractivity contribution in [3.05, 3.63) is 54.0 Å². The van der Waals surface area contributed by atoms with Crippen molar-refractivity contribution in [2.75, 3.05) is 24.6 Å². The molecule has 2 heterocycles. The van der Waals surface area contributed by atoms with E-state index in [1.807, 2.05) is 19.9 Å². The second kappa shape index (κ2) is 8.84. The Kier molecular flexibility index (Phi) is 6.27. The highest BCUT2D eigenvalue weighted by Crippen LogP contribution is 2.23. The molecule has 1 aliphatic heterocycles. The van der Waals surface area contributed by atoms with Crippen molar-refractivity contribution < 1.29 is 13.9 Å². The first kappa shape index (κ1) is 19.1. The molecule has 0 bridgehead atoms. The largest absolute Gasteiger partial charge is 0.493 e. The number of ether oxygens (including phenoxy) is 1. The van der Waals surface area contributed by atoms with E-state index in [0.29, 0.717) is 23.8 Å². The lowest BCUT2D eigenvalue weighted by Gasteiger charge is -2.33. The fourth-order valence-electron chi connectivity index (χ4n) is 3.23. The van der Waals surface area contributed by atoms with E-state index >= 15 is 0 Å². The quantitative estimate of drug-likeness (QED) is 0.842. The Morgan fingerprint density at radius 1 is 1.33 bits per heavy atom. The van der Waals surface area contributed by atoms with Crippen molar-refractivity contribution in [3.63, 3.8) is 0 Å². The number of rotatable bonds is 6. The van der Waals surface area contributed by atoms with Crippen LogP contribution in [0.15, 0.2) is 42.6 Å². The zero-order chi connectivity index (χ0) is 19.2. The van der Waals surface area contributed by atoms with Gasteiger partial charge in [-0.1, -0.05) is 0 Å². The molecule has 1 aliphatic rings. The van der Waals surface area contributed by atoms with Gasteiger partial charge in [0, 0.05) is 36.8 Å². The molecule has 1 N–H and O–H groups in total. The average molecular weight is 371 g/mol. The number of aromatic nitrogens is 1. The smallest absolute Gasteiger partial charge is 0.251 e. The second-order valence-corrected chi connectivity index (χ2v) is 7.25. The summed E-state index contributed by atoms with van der Waals surface area (Å²) in [5.74, 6) is 1.51. The van der Waals surface area contributed by atoms with E-state index in [-0.39, 0.29) is 17.8 Å². The van der Waals surface area contributed by atoms with Gasteiger partial charge in [0.25, 0.3) is 5.91 Å². The zero-order valence-electron chi connectivity index (χ0n) is 15.8. The van der Waals surface area contributed by atoms with Crippen LogP contribution in [0.1, 0.15) is 37.0 Å². The maximum atomic E-state index is 13.0. The van der Waals surface area contributed by atoms with Crippen LogP contribution in [-0.2, 0) is 0 Å². The van der Waals surface area contributed by atoms with Crippen LogP contribution in [0, 0.1) is 11.7 Å². The Balaban J connectivity index is 1.60. The van der Waals surface area contributed by atoms with Crippen LogP contribution in [0.3, 0.4) is 0 Å². The predicted molar refractivity (Wildman–Crippen MR) is 104 cm³/mol. The molecule has 1 aromatic carbocycles. The second-order valence-electron chi connectivity index (χ2n) is 7.25. The van der Waals surface area contributed by atoms with Crippen LogP contribution in [0.25, 0.3) is 0 Å². The monoisotopic (exact) mass is 371 g/mol. The first-order valence-electron chi connectivity index (χ1n) is 9.41. The number of anilines is 1. The van der Waals surface area contributed by atoms with Crippen molar-refractivity contribution in [2.24, 2.45) is 5.92 Å². The van der Waals surface area contributed by atoms with E-state index in [1.165, 1.54) is 12.1 Å². The summed E-state index contributed by atoms with van der Waals surface area (Å²) < 4.78 is 18.8. The van der Waals surface area contributed by atoms with Crippen LogP contribution in [0.2, 0.25) is 0 Å². The molecular formula is C21H26FN3O2. The number of pyridine rings is 1. The number of benzene rings is 1. The van der Waals surface area contributed by atoms with E-state index in [4.69, 9.17) is 4.74 Å². The van der Waals surface area contributed by atoms with Gasteiger partial charge in [-0.05, 0) is 63.1 Å². The van der Waals surface area contributed by atoms with Gasteiger partial charge in [0.2, 0.25) is 0 Å². The molecule has 1 amide bonds. The zero-order valence-corrected chi connectivity index (χ0v) is 15.8. The maximum absolute atomic E-state index is 13.0. The predicted octanol–water partition coefficient (Wildman–Crippen LogP) is 3.65. The lowest BCUT2D eigenvalue weighted by molar-refractivity contribution is 0.0943. The first-order chi connectivity index (χ1) is 13.0. The molecule has 0 aliphatic carbocycles. The number of nitrogens with zero attached hydrogens (tertiary/aromatic N) is 2. The van der Waals surface area contributed by atoms with Crippen molar-refractivity contribution in [1.29, 1.82) is 0 Å². The van der Waals surface area contributed by atoms with Crippen LogP contribution >= 0.6 is 0 Å². The molecule has 2 aromatic rings. The number of hydrogen-bond acceptors (Lipinski definition) is 4. The number of halogens is 1. The Bertz CT molecular complexity index is 764. The molecule has 1 saturated heterocycles. The van der Waals surface area contributed by atoms with Gasteiger partial charge < -0.3 is 15.0 Å². The summed E-state index contributed by atoms with van der Waals surface area (Å²) in [6.07, 6.45) is 3.80. The topological polar surface area (TPSA) is 54.5 Å². The van der Waals surface area contributed by atoms with Gasteiger partial charge >= 0.3 is 0 Å². The third-order valence-electron chi connectivity index (χ3n) is 4.57. The minimum atomic E-state index is -0.265. The van der Waals surface area contributed by atoms with Crippen molar-refractivity contribution >= 4 is 11.7 Å². The third kappa shape index (κ3) is 5.42. The number of nitrogens with one attached hydrogen (secondary N) is 1. The number of carbonyl (C=O) groups is 1. The first-order valence-corrected chi connectivity index (χ1v) is 9.41. The highest BCUT2D eigenvalue weighted by atomic mass is 19.1. The average Bonchev–Trinajstić information content (AvgIpc) is 2.67. The Hall–Kier alpha value is -2.63. The summed E-state index contributed by atoms with van der Waals surface area (Å²) in [6.45, 7) is 6.20. The van der Waals surface area contributed by atoms with Crippen LogP contribution in [-0.4, -0.2) is 36.6 Å². The molecule has 3 rings (SSSR count). The molecule has 0 unspecified atom stereocenters. The number of piperidine rings is 1. The van der Waals surface area contributed by atoms with Crippen LogP contribution in [0.4, 0.5) is 10.2 Å². The SMILES string of the molecule is CC(C)NC(=O)c1ccnc(N2CCC[C@@H](COc3ccc(F)cc3)C2)c1. The van der Waals surface area contributed by atoms with E-state index < -0.39 is 0 Å². The standard InChI is InChI=1S/C21H26FN3O2/c1-15(2)24-21(26)17-9-10-23-20(12-17)25-11-3-4-16(13-25)14-27-19-7-5-18(22)6-8-19/h5-10,12,15-16H,3-4,11,13-14H2,1-2H3,(H,24,26)/t16-/m1/s1. The molecule has 0 radical (unpaired) electrons. The fourth-order valence-corrected chi connectivity index (χ4v) is 3.23. The molecule has 1 fully saturated rings. The molecule has 144 valence electrons. The van der Waals surface area contributed by atoms with Gasteiger partial charge in [0.05, 0.1) is 6.61 Å². The lowest BCUT2D eigenvalue weighted by atomic mass is 9.99. The number of amides is 1. The molecule has 1 atom stereocenters. The summed E-state index contributed by atoms with van der Waals surface area (Å²) in [5, 5.41) is 2.91. The minimum absolute atomic E-state index is 0.0816. The summed E-state index contributed by atoms with van der Waals surface area (Å²) in [4.78, 5) is 18.9. The summed E-state index contributed by atoms with van der Waals surface area (Å²) in [7, 11) is 0. The van der Waals surface area contributed by atoms with Gasteiger partial charge in [0.1, 0.15) is 17.4 Å². The summed E-state index contributed by atoms with van der Waals surface area (Å²) in [6, 6.07) is 9.78. The van der Waals surface area contributed by atoms with Crippen molar-refractivity contribution in [2.45, 2.75) is 32.7 Å². The van der Waals surface area contributed by atoms with Gasteiger partial charge in [-0.15, -0.1) is 0 Å². The Morgan fingerprint density at radius 3 is 2.85 bits per heavy atom. The van der Waals surface area contributed by atoms with Gasteiger partial charge in [-0.25, -0.2) is 9.37 Å². The molecule has 0 saturated carbocycles. The molecule has 0 spiro atoms. The van der Waals surface area contributed by atoms with E-state index in [2.05, 4.69) is 15.2 Å². The maximum Gasteiger partial charge on any atom is 0.251 e. The van der Waals surface area contributed by atoms with Crippen LogP contribution in [0.5, 0.6) is 5.75 Å². The molecular weight excluding hydrogens is 345 g/mol. The van der Waals surface area contributed by atoms with E-state index in [1.54, 1.807) is 24.4 Å². The Morgan fingerprint density at radius 2 is 2.11 bits per heavy atom. The molecule has 6 heteroatoms. The van der Waals surface area contributed by atoms with E-state index in [0.717, 1.165) is 31.7 Å². The van der Waals surface area contributed by atoms with Crippen molar-refractivity contribution in [1.82, 2.24) is 10.3 Å². The van der Waals surface area contributed by atoms with Crippen LogP contribution < -0.4 is 15.0 Å². The lowest BCUT2D eigenvalue weighted by Crippen LogP contribution is -2.38.